The van der Waals surface area contributed by atoms with E-state index in [0.717, 1.165) is 25.0 Å². The Morgan fingerprint density at radius 3 is 2.73 bits per heavy atom. The second kappa shape index (κ2) is 5.11. The van der Waals surface area contributed by atoms with Crippen molar-refractivity contribution in [1.82, 2.24) is 4.90 Å². The number of carbonyl (C=O) groups excluding carboxylic acids is 1. The molecule has 1 aliphatic heterocycles. The molecule has 0 aromatic carbocycles. The van der Waals surface area contributed by atoms with E-state index in [1.807, 2.05) is 6.92 Å². The number of hydrogen-bond donors (Lipinski definition) is 0. The minimum absolute atomic E-state index is 0.418. The number of carbonyl (C=O) groups is 1. The van der Waals surface area contributed by atoms with Crippen molar-refractivity contribution in [3.05, 3.63) is 0 Å². The summed E-state index contributed by atoms with van der Waals surface area (Å²) in [5.74, 6) is 1.32. The molecule has 0 amide bonds. The van der Waals surface area contributed by atoms with Crippen molar-refractivity contribution in [3.63, 3.8) is 0 Å². The van der Waals surface area contributed by atoms with Crippen LogP contribution in [0.2, 0.25) is 0 Å². The van der Waals surface area contributed by atoms with Gasteiger partial charge < -0.3 is 0 Å². The molecule has 2 atom stereocenters. The molecule has 2 fully saturated rings. The summed E-state index contributed by atoms with van der Waals surface area (Å²) in [6.07, 6.45) is 8.94. The Morgan fingerprint density at radius 1 is 1.20 bits per heavy atom. The van der Waals surface area contributed by atoms with Gasteiger partial charge in [-0.25, -0.2) is 0 Å². The molecule has 0 bridgehead atoms. The molecule has 1 heterocycles. The number of piperidine rings is 1. The van der Waals surface area contributed by atoms with Crippen LogP contribution in [0.4, 0.5) is 0 Å². The molecule has 0 aromatic rings. The number of likely N-dealkylation sites (tertiary alicyclic amines) is 1. The fraction of sp³-hybridized carbons (Fsp3) is 0.923. The third kappa shape index (κ3) is 2.60. The molecule has 0 radical (unpaired) electrons. The highest BCUT2D eigenvalue weighted by atomic mass is 16.1. The van der Waals surface area contributed by atoms with Crippen molar-refractivity contribution in [2.24, 2.45) is 5.92 Å². The van der Waals surface area contributed by atoms with Crippen LogP contribution in [0.5, 0.6) is 0 Å². The number of fused-ring (bicyclic) bond motifs is 1. The van der Waals surface area contributed by atoms with Gasteiger partial charge >= 0.3 is 0 Å². The average Bonchev–Trinajstić information content (AvgIpc) is 2.29. The van der Waals surface area contributed by atoms with Gasteiger partial charge in [0.15, 0.2) is 0 Å². The minimum Gasteiger partial charge on any atom is -0.298 e. The van der Waals surface area contributed by atoms with Crippen LogP contribution in [-0.4, -0.2) is 29.8 Å². The van der Waals surface area contributed by atoms with Crippen LogP contribution in [-0.2, 0) is 4.79 Å². The van der Waals surface area contributed by atoms with Crippen molar-refractivity contribution < 1.29 is 4.79 Å². The topological polar surface area (TPSA) is 20.3 Å². The summed E-state index contributed by atoms with van der Waals surface area (Å²) in [6.45, 7) is 3.86. The number of rotatable bonds is 3. The van der Waals surface area contributed by atoms with E-state index in [1.54, 1.807) is 0 Å². The van der Waals surface area contributed by atoms with Gasteiger partial charge in [-0.05, 0) is 38.1 Å². The van der Waals surface area contributed by atoms with Crippen LogP contribution in [0.1, 0.15) is 51.9 Å². The lowest BCUT2D eigenvalue weighted by molar-refractivity contribution is -0.121. The van der Waals surface area contributed by atoms with Gasteiger partial charge in [0.25, 0.3) is 0 Å². The monoisotopic (exact) mass is 209 g/mol. The maximum atomic E-state index is 11.5. The van der Waals surface area contributed by atoms with Crippen LogP contribution >= 0.6 is 0 Å². The molecular formula is C13H23NO. The van der Waals surface area contributed by atoms with Gasteiger partial charge in [0.2, 0.25) is 0 Å². The Morgan fingerprint density at radius 2 is 1.93 bits per heavy atom. The molecule has 0 aromatic heterocycles. The van der Waals surface area contributed by atoms with Crippen LogP contribution < -0.4 is 0 Å². The Kier molecular flexibility index (Phi) is 3.79. The smallest absolute Gasteiger partial charge is 0.146 e. The lowest BCUT2D eigenvalue weighted by atomic mass is 9.78. The Hall–Kier alpha value is -0.370. The highest BCUT2D eigenvalue weighted by Gasteiger charge is 2.33. The molecule has 0 spiro atoms. The molecule has 1 saturated carbocycles. The van der Waals surface area contributed by atoms with Gasteiger partial charge in [0.1, 0.15) is 5.78 Å². The maximum Gasteiger partial charge on any atom is 0.146 e. The van der Waals surface area contributed by atoms with Gasteiger partial charge in [-0.15, -0.1) is 0 Å². The molecule has 1 saturated heterocycles. The highest BCUT2D eigenvalue weighted by Crippen LogP contribution is 2.34. The molecular weight excluding hydrogens is 186 g/mol. The Labute approximate surface area is 93.0 Å². The van der Waals surface area contributed by atoms with E-state index >= 15 is 0 Å². The summed E-state index contributed by atoms with van der Waals surface area (Å²) in [5, 5.41) is 0. The van der Waals surface area contributed by atoms with E-state index in [-0.39, 0.29) is 0 Å². The van der Waals surface area contributed by atoms with Crippen LogP contribution in [0.15, 0.2) is 0 Å². The van der Waals surface area contributed by atoms with E-state index in [0.29, 0.717) is 12.2 Å². The first-order valence-electron chi connectivity index (χ1n) is 6.57. The molecule has 2 heteroatoms. The van der Waals surface area contributed by atoms with Crippen molar-refractivity contribution in [3.8, 4) is 0 Å². The summed E-state index contributed by atoms with van der Waals surface area (Å²) >= 11 is 0. The second-order valence-electron chi connectivity index (χ2n) is 5.12. The average molecular weight is 209 g/mol. The SMILES string of the molecule is CCC(=O)CN1CCCC2CCCCC21. The lowest BCUT2D eigenvalue weighted by Crippen LogP contribution is -2.48. The van der Waals surface area contributed by atoms with E-state index in [2.05, 4.69) is 4.90 Å². The van der Waals surface area contributed by atoms with Gasteiger partial charge in [-0.1, -0.05) is 19.8 Å². The Bertz CT molecular complexity index is 225. The molecule has 0 N–H and O–H groups in total. The third-order valence-electron chi connectivity index (χ3n) is 4.13. The fourth-order valence-corrected chi connectivity index (χ4v) is 3.26. The predicted molar refractivity (Wildman–Crippen MR) is 61.9 cm³/mol. The van der Waals surface area contributed by atoms with Gasteiger partial charge in [0.05, 0.1) is 6.54 Å². The molecule has 2 unspecified atom stereocenters. The van der Waals surface area contributed by atoms with Gasteiger partial charge in [0, 0.05) is 12.5 Å². The lowest BCUT2D eigenvalue weighted by Gasteiger charge is -2.43. The highest BCUT2D eigenvalue weighted by molar-refractivity contribution is 5.80. The number of nitrogens with zero attached hydrogens (tertiary/aromatic N) is 1. The number of Topliss-reactive ketones (excluding diaryl/α,β-unsaturated/α-hetero) is 1. The maximum absolute atomic E-state index is 11.5. The van der Waals surface area contributed by atoms with Crippen molar-refractivity contribution >= 4 is 5.78 Å². The quantitative estimate of drug-likeness (QED) is 0.712. The van der Waals surface area contributed by atoms with E-state index in [1.165, 1.54) is 38.5 Å². The Balaban J connectivity index is 1.94. The number of hydrogen-bond acceptors (Lipinski definition) is 2. The van der Waals surface area contributed by atoms with Crippen molar-refractivity contribution in [2.75, 3.05) is 13.1 Å². The molecule has 1 aliphatic carbocycles. The zero-order valence-electron chi connectivity index (χ0n) is 9.87. The van der Waals surface area contributed by atoms with E-state index in [9.17, 15) is 4.79 Å². The second-order valence-corrected chi connectivity index (χ2v) is 5.12. The summed E-state index contributed by atoms with van der Waals surface area (Å²) in [5.41, 5.74) is 0. The largest absolute Gasteiger partial charge is 0.298 e. The third-order valence-corrected chi connectivity index (χ3v) is 4.13. The summed E-state index contributed by atoms with van der Waals surface area (Å²) in [7, 11) is 0. The van der Waals surface area contributed by atoms with E-state index < -0.39 is 0 Å². The summed E-state index contributed by atoms with van der Waals surface area (Å²) in [6, 6.07) is 0.739. The van der Waals surface area contributed by atoms with Crippen LogP contribution in [0.3, 0.4) is 0 Å². The van der Waals surface area contributed by atoms with Crippen LogP contribution in [0.25, 0.3) is 0 Å². The van der Waals surface area contributed by atoms with Crippen molar-refractivity contribution in [2.45, 2.75) is 57.9 Å². The van der Waals surface area contributed by atoms with Crippen molar-refractivity contribution in [1.29, 1.82) is 0 Å². The summed E-state index contributed by atoms with van der Waals surface area (Å²) < 4.78 is 0. The zero-order valence-corrected chi connectivity index (χ0v) is 9.87. The van der Waals surface area contributed by atoms with Gasteiger partial charge in [-0.3, -0.25) is 9.69 Å². The first-order chi connectivity index (χ1) is 7.31. The molecule has 2 rings (SSSR count). The van der Waals surface area contributed by atoms with E-state index in [4.69, 9.17) is 0 Å². The normalized spacial score (nSPS) is 32.3. The summed E-state index contributed by atoms with van der Waals surface area (Å²) in [4.78, 5) is 14.0. The number of ketones is 1. The molecule has 2 aliphatic rings. The molecule has 15 heavy (non-hydrogen) atoms. The molecule has 2 nitrogen and oxygen atoms in total. The standard InChI is InChI=1S/C13H23NO/c1-2-12(15)10-14-9-5-7-11-6-3-4-8-13(11)14/h11,13H,2-10H2,1H3. The first-order valence-corrected chi connectivity index (χ1v) is 6.57. The zero-order chi connectivity index (χ0) is 10.7. The first kappa shape index (κ1) is 11.1. The van der Waals surface area contributed by atoms with Gasteiger partial charge in [-0.2, -0.15) is 0 Å². The predicted octanol–water partition coefficient (Wildman–Crippen LogP) is 2.62. The fourth-order valence-electron chi connectivity index (χ4n) is 3.26. The molecule has 86 valence electrons. The minimum atomic E-state index is 0.418. The van der Waals surface area contributed by atoms with Crippen LogP contribution in [0, 0.1) is 5.92 Å².